The minimum atomic E-state index is -0.693. The monoisotopic (exact) mass is 363 g/mol. The summed E-state index contributed by atoms with van der Waals surface area (Å²) in [5, 5.41) is 2.72. The number of amides is 1. The van der Waals surface area contributed by atoms with E-state index in [0.29, 0.717) is 11.4 Å². The van der Waals surface area contributed by atoms with E-state index >= 15 is 0 Å². The Kier molecular flexibility index (Phi) is 6.02. The highest BCUT2D eigenvalue weighted by atomic mass is 19.1. The van der Waals surface area contributed by atoms with Crippen LogP contribution in [0.1, 0.15) is 43.9 Å². The van der Waals surface area contributed by atoms with Gasteiger partial charge >= 0.3 is 0 Å². The van der Waals surface area contributed by atoms with Crippen LogP contribution in [0.15, 0.2) is 30.3 Å². The third-order valence-electron chi connectivity index (χ3n) is 3.99. The predicted molar refractivity (Wildman–Crippen MR) is 97.8 cm³/mol. The number of halogens is 2. The van der Waals surface area contributed by atoms with Crippen LogP contribution >= 0.6 is 0 Å². The number of hydrogen-bond donors (Lipinski definition) is 3. The molecule has 2 aromatic rings. The van der Waals surface area contributed by atoms with Gasteiger partial charge in [-0.05, 0) is 30.5 Å². The van der Waals surface area contributed by atoms with Crippen LogP contribution < -0.4 is 21.5 Å². The summed E-state index contributed by atoms with van der Waals surface area (Å²) in [7, 11) is 0. The summed E-state index contributed by atoms with van der Waals surface area (Å²) in [4.78, 5) is 12.0. The molecule has 0 bridgehead atoms. The van der Waals surface area contributed by atoms with Crippen molar-refractivity contribution in [1.29, 1.82) is 0 Å². The molecule has 0 aliphatic carbocycles. The summed E-state index contributed by atoms with van der Waals surface area (Å²) in [5.74, 6) is -2.15. The number of nitrogens with one attached hydrogen (secondary N) is 1. The molecule has 1 atom stereocenters. The average molecular weight is 363 g/mol. The first-order chi connectivity index (χ1) is 12.2. The van der Waals surface area contributed by atoms with E-state index in [4.69, 9.17) is 16.2 Å². The van der Waals surface area contributed by atoms with Gasteiger partial charge in [-0.2, -0.15) is 0 Å². The van der Waals surface area contributed by atoms with Crippen LogP contribution in [0.25, 0.3) is 0 Å². The predicted octanol–water partition coefficient (Wildman–Crippen LogP) is 3.51. The Morgan fingerprint density at radius 2 is 1.69 bits per heavy atom. The summed E-state index contributed by atoms with van der Waals surface area (Å²) in [6, 6.07) is 6.92. The molecule has 0 saturated carbocycles. The Balaban J connectivity index is 1.97. The fourth-order valence-corrected chi connectivity index (χ4v) is 2.57. The van der Waals surface area contributed by atoms with Gasteiger partial charge in [0, 0.05) is 17.7 Å². The Labute approximate surface area is 151 Å². The molecule has 0 spiro atoms. The Bertz CT molecular complexity index is 786. The van der Waals surface area contributed by atoms with Crippen LogP contribution in [-0.4, -0.2) is 12.5 Å². The quantitative estimate of drug-likeness (QED) is 0.685. The SMILES string of the molecule is CC(C)c1c(F)cc(OCC(=O)NC(C)c2ccc(N)c(N)c2)cc1F. The number of carbonyl (C=O) groups excluding carboxylic acids is 1. The third-order valence-corrected chi connectivity index (χ3v) is 3.99. The highest BCUT2D eigenvalue weighted by molar-refractivity contribution is 5.78. The molecule has 0 aromatic heterocycles. The molecular weight excluding hydrogens is 340 g/mol. The van der Waals surface area contributed by atoms with Gasteiger partial charge in [-0.15, -0.1) is 0 Å². The Morgan fingerprint density at radius 3 is 2.23 bits per heavy atom. The van der Waals surface area contributed by atoms with E-state index in [9.17, 15) is 13.6 Å². The second-order valence-electron chi connectivity index (χ2n) is 6.42. The van der Waals surface area contributed by atoms with E-state index in [0.717, 1.165) is 17.7 Å². The number of benzene rings is 2. The number of rotatable bonds is 6. The van der Waals surface area contributed by atoms with Crippen molar-refractivity contribution in [3.63, 3.8) is 0 Å². The summed E-state index contributed by atoms with van der Waals surface area (Å²) in [5.41, 5.74) is 13.1. The van der Waals surface area contributed by atoms with Crippen molar-refractivity contribution in [3.8, 4) is 5.75 Å². The van der Waals surface area contributed by atoms with Crippen molar-refractivity contribution >= 4 is 17.3 Å². The second kappa shape index (κ2) is 8.03. The zero-order chi connectivity index (χ0) is 19.4. The molecule has 5 N–H and O–H groups in total. The van der Waals surface area contributed by atoms with E-state index in [1.54, 1.807) is 39.0 Å². The fourth-order valence-electron chi connectivity index (χ4n) is 2.57. The van der Waals surface area contributed by atoms with Crippen LogP contribution in [0.5, 0.6) is 5.75 Å². The molecule has 0 radical (unpaired) electrons. The maximum atomic E-state index is 13.9. The van der Waals surface area contributed by atoms with Gasteiger partial charge in [0.25, 0.3) is 5.91 Å². The molecule has 7 heteroatoms. The number of anilines is 2. The van der Waals surface area contributed by atoms with Crippen molar-refractivity contribution < 1.29 is 18.3 Å². The third kappa shape index (κ3) is 4.62. The number of ether oxygens (including phenoxy) is 1. The smallest absolute Gasteiger partial charge is 0.258 e. The molecule has 1 unspecified atom stereocenters. The van der Waals surface area contributed by atoms with Gasteiger partial charge in [-0.25, -0.2) is 8.78 Å². The minimum Gasteiger partial charge on any atom is -0.484 e. The van der Waals surface area contributed by atoms with Crippen LogP contribution in [-0.2, 0) is 4.79 Å². The van der Waals surface area contributed by atoms with Crippen molar-refractivity contribution in [2.45, 2.75) is 32.7 Å². The molecule has 0 fully saturated rings. The van der Waals surface area contributed by atoms with Crippen LogP contribution in [0.4, 0.5) is 20.2 Å². The molecule has 0 heterocycles. The second-order valence-corrected chi connectivity index (χ2v) is 6.42. The lowest BCUT2D eigenvalue weighted by molar-refractivity contribution is -0.123. The van der Waals surface area contributed by atoms with Gasteiger partial charge in [-0.1, -0.05) is 19.9 Å². The molecule has 1 amide bonds. The average Bonchev–Trinajstić information content (AvgIpc) is 2.54. The maximum Gasteiger partial charge on any atom is 0.258 e. The summed E-state index contributed by atoms with van der Waals surface area (Å²) >= 11 is 0. The lowest BCUT2D eigenvalue weighted by Crippen LogP contribution is -2.31. The van der Waals surface area contributed by atoms with Gasteiger partial charge in [0.15, 0.2) is 6.61 Å². The van der Waals surface area contributed by atoms with Crippen molar-refractivity contribution in [2.24, 2.45) is 0 Å². The number of nitrogen functional groups attached to an aromatic ring is 2. The Hall–Kier alpha value is -2.83. The maximum absolute atomic E-state index is 13.9. The molecule has 140 valence electrons. The van der Waals surface area contributed by atoms with E-state index in [1.807, 2.05) is 0 Å². The van der Waals surface area contributed by atoms with Crippen molar-refractivity contribution in [3.05, 3.63) is 53.1 Å². The zero-order valence-corrected chi connectivity index (χ0v) is 15.0. The Morgan fingerprint density at radius 1 is 1.08 bits per heavy atom. The fraction of sp³-hybridized carbons (Fsp3) is 0.316. The van der Waals surface area contributed by atoms with Crippen molar-refractivity contribution in [1.82, 2.24) is 5.32 Å². The van der Waals surface area contributed by atoms with Gasteiger partial charge in [-0.3, -0.25) is 4.79 Å². The molecule has 26 heavy (non-hydrogen) atoms. The van der Waals surface area contributed by atoms with E-state index in [-0.39, 0.29) is 29.9 Å². The number of carbonyl (C=O) groups is 1. The molecule has 2 rings (SSSR count). The normalized spacial score (nSPS) is 12.1. The highest BCUT2D eigenvalue weighted by Gasteiger charge is 2.16. The van der Waals surface area contributed by atoms with Crippen LogP contribution in [0, 0.1) is 11.6 Å². The molecule has 0 saturated heterocycles. The highest BCUT2D eigenvalue weighted by Crippen LogP contribution is 2.26. The first kappa shape index (κ1) is 19.5. The van der Waals surface area contributed by atoms with Crippen LogP contribution in [0.2, 0.25) is 0 Å². The topological polar surface area (TPSA) is 90.4 Å². The lowest BCUT2D eigenvalue weighted by Gasteiger charge is -2.16. The van der Waals surface area contributed by atoms with Crippen LogP contribution in [0.3, 0.4) is 0 Å². The van der Waals surface area contributed by atoms with Gasteiger partial charge in [0.05, 0.1) is 17.4 Å². The molecular formula is C19H23F2N3O2. The number of hydrogen-bond acceptors (Lipinski definition) is 4. The standard InChI is InChI=1S/C19H23F2N3O2/c1-10(2)19-14(20)7-13(8-15(19)21)26-9-18(25)24-11(3)12-4-5-16(22)17(23)6-12/h4-8,10-11H,9,22-23H2,1-3H3,(H,24,25). The van der Waals surface area contributed by atoms with Gasteiger partial charge < -0.3 is 21.5 Å². The van der Waals surface area contributed by atoms with Crippen molar-refractivity contribution in [2.75, 3.05) is 18.1 Å². The molecule has 5 nitrogen and oxygen atoms in total. The van der Waals surface area contributed by atoms with E-state index in [2.05, 4.69) is 5.32 Å². The summed E-state index contributed by atoms with van der Waals surface area (Å²) < 4.78 is 33.1. The molecule has 0 aliphatic heterocycles. The van der Waals surface area contributed by atoms with E-state index < -0.39 is 17.5 Å². The van der Waals surface area contributed by atoms with E-state index in [1.165, 1.54) is 0 Å². The minimum absolute atomic E-state index is 0.00337. The zero-order valence-electron chi connectivity index (χ0n) is 15.0. The lowest BCUT2D eigenvalue weighted by atomic mass is 10.0. The summed E-state index contributed by atoms with van der Waals surface area (Å²) in [6.07, 6.45) is 0. The molecule has 2 aromatic carbocycles. The summed E-state index contributed by atoms with van der Waals surface area (Å²) in [6.45, 7) is 4.80. The number of nitrogens with two attached hydrogens (primary N) is 2. The largest absolute Gasteiger partial charge is 0.484 e. The van der Waals surface area contributed by atoms with Gasteiger partial charge in [0.2, 0.25) is 0 Å². The first-order valence-corrected chi connectivity index (χ1v) is 8.25. The molecule has 0 aliphatic rings. The first-order valence-electron chi connectivity index (χ1n) is 8.25. The van der Waals surface area contributed by atoms with Gasteiger partial charge in [0.1, 0.15) is 17.4 Å².